The van der Waals surface area contributed by atoms with Gasteiger partial charge in [-0.1, -0.05) is 6.92 Å². The van der Waals surface area contributed by atoms with Gasteiger partial charge >= 0.3 is 0 Å². The lowest BCUT2D eigenvalue weighted by Crippen LogP contribution is -2.12. The van der Waals surface area contributed by atoms with Crippen LogP contribution in [0.1, 0.15) is 25.3 Å². The standard InChI is InChI=1S/C16H23NO3/c1-5-7-8-9-20-16-14(18-3)10-13(12-17-6-2)11-15(16)19-4/h1,10-11,17H,6-9,12H2,2-4H3. The molecule has 0 amide bonds. The monoisotopic (exact) mass is 277 g/mol. The highest BCUT2D eigenvalue weighted by Gasteiger charge is 2.13. The normalized spacial score (nSPS) is 9.90. The van der Waals surface area contributed by atoms with E-state index in [-0.39, 0.29) is 0 Å². The number of terminal acetylenes is 1. The van der Waals surface area contributed by atoms with Crippen LogP contribution in [0.3, 0.4) is 0 Å². The van der Waals surface area contributed by atoms with Gasteiger partial charge in [0.25, 0.3) is 0 Å². The second-order valence-electron chi connectivity index (χ2n) is 4.27. The van der Waals surface area contributed by atoms with Gasteiger partial charge in [-0.05, 0) is 30.7 Å². The maximum Gasteiger partial charge on any atom is 0.203 e. The first-order valence-electron chi connectivity index (χ1n) is 6.78. The van der Waals surface area contributed by atoms with E-state index in [1.54, 1.807) is 14.2 Å². The number of methoxy groups -OCH3 is 2. The molecule has 0 saturated heterocycles. The molecule has 4 heteroatoms. The number of nitrogens with one attached hydrogen (secondary N) is 1. The molecule has 0 saturated carbocycles. The van der Waals surface area contributed by atoms with Crippen molar-refractivity contribution in [2.45, 2.75) is 26.3 Å². The maximum absolute atomic E-state index is 5.75. The third-order valence-corrected chi connectivity index (χ3v) is 2.81. The molecule has 0 heterocycles. The van der Waals surface area contributed by atoms with Gasteiger partial charge in [0.2, 0.25) is 5.75 Å². The van der Waals surface area contributed by atoms with Crippen LogP contribution in [0.15, 0.2) is 12.1 Å². The third kappa shape index (κ3) is 4.67. The summed E-state index contributed by atoms with van der Waals surface area (Å²) in [6.07, 6.45) is 6.73. The van der Waals surface area contributed by atoms with Crippen LogP contribution in [0.25, 0.3) is 0 Å². The lowest BCUT2D eigenvalue weighted by atomic mass is 10.1. The summed E-state index contributed by atoms with van der Waals surface area (Å²) in [4.78, 5) is 0. The Balaban J connectivity index is 2.87. The molecule has 0 spiro atoms. The molecule has 1 rings (SSSR count). The summed E-state index contributed by atoms with van der Waals surface area (Å²) < 4.78 is 16.5. The average molecular weight is 277 g/mol. The van der Waals surface area contributed by atoms with E-state index in [1.165, 1.54) is 0 Å². The van der Waals surface area contributed by atoms with E-state index in [9.17, 15) is 0 Å². The molecule has 4 nitrogen and oxygen atoms in total. The Bertz CT molecular complexity index is 427. The first-order chi connectivity index (χ1) is 9.76. The number of hydrogen-bond donors (Lipinski definition) is 1. The summed E-state index contributed by atoms with van der Waals surface area (Å²) in [5.41, 5.74) is 1.09. The van der Waals surface area contributed by atoms with Crippen molar-refractivity contribution in [3.63, 3.8) is 0 Å². The second-order valence-corrected chi connectivity index (χ2v) is 4.27. The predicted molar refractivity (Wildman–Crippen MR) is 80.5 cm³/mol. The quantitative estimate of drug-likeness (QED) is 0.556. The van der Waals surface area contributed by atoms with Gasteiger partial charge < -0.3 is 19.5 Å². The largest absolute Gasteiger partial charge is 0.493 e. The van der Waals surface area contributed by atoms with Gasteiger partial charge in [0.05, 0.1) is 20.8 Å². The van der Waals surface area contributed by atoms with Gasteiger partial charge in [-0.3, -0.25) is 0 Å². The van der Waals surface area contributed by atoms with Crippen molar-refractivity contribution in [3.8, 4) is 29.6 Å². The fourth-order valence-corrected chi connectivity index (χ4v) is 1.80. The summed E-state index contributed by atoms with van der Waals surface area (Å²) in [5.74, 6) is 4.58. The van der Waals surface area contributed by atoms with Crippen LogP contribution in [-0.4, -0.2) is 27.4 Å². The van der Waals surface area contributed by atoms with Gasteiger partial charge in [0.1, 0.15) is 0 Å². The summed E-state index contributed by atoms with van der Waals surface area (Å²) in [5, 5.41) is 3.27. The molecule has 0 aliphatic heterocycles. The van der Waals surface area contributed by atoms with Gasteiger partial charge in [0, 0.05) is 13.0 Å². The molecule has 110 valence electrons. The Kier molecular flexibility index (Phi) is 7.38. The Morgan fingerprint density at radius 3 is 2.35 bits per heavy atom. The van der Waals surface area contributed by atoms with E-state index in [1.807, 2.05) is 12.1 Å². The van der Waals surface area contributed by atoms with E-state index in [0.717, 1.165) is 25.1 Å². The molecule has 0 aliphatic rings. The minimum atomic E-state index is 0.545. The Morgan fingerprint density at radius 1 is 1.20 bits per heavy atom. The van der Waals surface area contributed by atoms with E-state index >= 15 is 0 Å². The summed E-state index contributed by atoms with van der Waals surface area (Å²) in [7, 11) is 3.25. The second kappa shape index (κ2) is 9.11. The van der Waals surface area contributed by atoms with Crippen molar-refractivity contribution in [2.24, 2.45) is 0 Å². The Morgan fingerprint density at radius 2 is 1.85 bits per heavy atom. The molecule has 0 fully saturated rings. The average Bonchev–Trinajstić information content (AvgIpc) is 2.49. The molecule has 1 aromatic carbocycles. The number of rotatable bonds is 9. The highest BCUT2D eigenvalue weighted by atomic mass is 16.5. The van der Waals surface area contributed by atoms with Gasteiger partial charge in [0.15, 0.2) is 11.5 Å². The highest BCUT2D eigenvalue weighted by molar-refractivity contribution is 5.53. The van der Waals surface area contributed by atoms with E-state index in [4.69, 9.17) is 20.6 Å². The fraction of sp³-hybridized carbons (Fsp3) is 0.500. The number of ether oxygens (including phenoxy) is 3. The lowest BCUT2D eigenvalue weighted by Gasteiger charge is -2.16. The Hall–Kier alpha value is -1.86. The van der Waals surface area contributed by atoms with Crippen molar-refractivity contribution in [2.75, 3.05) is 27.4 Å². The van der Waals surface area contributed by atoms with Gasteiger partial charge in [-0.15, -0.1) is 12.3 Å². The van der Waals surface area contributed by atoms with Crippen LogP contribution in [-0.2, 0) is 6.54 Å². The van der Waals surface area contributed by atoms with Crippen molar-refractivity contribution < 1.29 is 14.2 Å². The maximum atomic E-state index is 5.75. The lowest BCUT2D eigenvalue weighted by molar-refractivity contribution is 0.271. The molecule has 0 radical (unpaired) electrons. The Labute approximate surface area is 121 Å². The minimum absolute atomic E-state index is 0.545. The fourth-order valence-electron chi connectivity index (χ4n) is 1.80. The first-order valence-corrected chi connectivity index (χ1v) is 6.78. The summed E-state index contributed by atoms with van der Waals surface area (Å²) in [6.45, 7) is 4.29. The van der Waals surface area contributed by atoms with E-state index < -0.39 is 0 Å². The van der Waals surface area contributed by atoms with Crippen molar-refractivity contribution in [1.29, 1.82) is 0 Å². The van der Waals surface area contributed by atoms with Crippen molar-refractivity contribution >= 4 is 0 Å². The molecule has 0 aromatic heterocycles. The molecular weight excluding hydrogens is 254 g/mol. The summed E-state index contributed by atoms with van der Waals surface area (Å²) >= 11 is 0. The zero-order valence-corrected chi connectivity index (χ0v) is 12.5. The molecule has 0 unspecified atom stereocenters. The minimum Gasteiger partial charge on any atom is -0.493 e. The van der Waals surface area contributed by atoms with Gasteiger partial charge in [-0.2, -0.15) is 0 Å². The molecular formula is C16H23NO3. The smallest absolute Gasteiger partial charge is 0.203 e. The van der Waals surface area contributed by atoms with E-state index in [0.29, 0.717) is 30.3 Å². The van der Waals surface area contributed by atoms with Crippen molar-refractivity contribution in [1.82, 2.24) is 5.32 Å². The summed E-state index contributed by atoms with van der Waals surface area (Å²) in [6, 6.07) is 3.92. The van der Waals surface area contributed by atoms with Crippen LogP contribution < -0.4 is 19.5 Å². The topological polar surface area (TPSA) is 39.7 Å². The van der Waals surface area contributed by atoms with Crippen molar-refractivity contribution in [3.05, 3.63) is 17.7 Å². The zero-order valence-electron chi connectivity index (χ0n) is 12.5. The predicted octanol–water partition coefficient (Wildman–Crippen LogP) is 2.61. The first kappa shape index (κ1) is 16.2. The zero-order chi connectivity index (χ0) is 14.8. The van der Waals surface area contributed by atoms with Crippen LogP contribution in [0.4, 0.5) is 0 Å². The number of benzene rings is 1. The molecule has 1 aromatic rings. The SMILES string of the molecule is C#CCCCOc1c(OC)cc(CNCC)cc1OC. The van der Waals surface area contributed by atoms with Crippen LogP contribution >= 0.6 is 0 Å². The molecule has 20 heavy (non-hydrogen) atoms. The third-order valence-electron chi connectivity index (χ3n) is 2.81. The number of hydrogen-bond acceptors (Lipinski definition) is 4. The van der Waals surface area contributed by atoms with Crippen LogP contribution in [0, 0.1) is 12.3 Å². The van der Waals surface area contributed by atoms with Crippen LogP contribution in [0.5, 0.6) is 17.2 Å². The van der Waals surface area contributed by atoms with Crippen LogP contribution in [0.2, 0.25) is 0 Å². The molecule has 0 atom stereocenters. The number of unbranched alkanes of at least 4 members (excludes halogenated alkanes) is 1. The molecule has 0 aliphatic carbocycles. The molecule has 0 bridgehead atoms. The molecule has 1 N–H and O–H groups in total. The highest BCUT2D eigenvalue weighted by Crippen LogP contribution is 2.38. The van der Waals surface area contributed by atoms with E-state index in [2.05, 4.69) is 18.2 Å². The van der Waals surface area contributed by atoms with Gasteiger partial charge in [-0.25, -0.2) is 0 Å².